The lowest BCUT2D eigenvalue weighted by atomic mass is 9.90. The van der Waals surface area contributed by atoms with E-state index in [1.54, 1.807) is 17.7 Å². The summed E-state index contributed by atoms with van der Waals surface area (Å²) in [5.41, 5.74) is 3.36. The van der Waals surface area contributed by atoms with Crippen molar-refractivity contribution in [3.05, 3.63) is 17.5 Å². The Morgan fingerprint density at radius 1 is 1.21 bits per heavy atom. The third-order valence-corrected chi connectivity index (χ3v) is 6.68. The van der Waals surface area contributed by atoms with E-state index >= 15 is 0 Å². The molecule has 3 aromatic heterocycles. The Kier molecular flexibility index (Phi) is 4.39. The first-order valence-electron chi connectivity index (χ1n) is 10.2. The normalized spacial score (nSPS) is 18.8. The van der Waals surface area contributed by atoms with E-state index in [-0.39, 0.29) is 5.60 Å². The van der Waals surface area contributed by atoms with Crippen LogP contribution < -0.4 is 9.64 Å². The fraction of sp³-hybridized carbons (Fsp3) is 0.571. The molecule has 0 amide bonds. The molecule has 148 valence electrons. The summed E-state index contributed by atoms with van der Waals surface area (Å²) in [7, 11) is 0. The maximum absolute atomic E-state index is 6.19. The zero-order valence-corrected chi connectivity index (χ0v) is 17.6. The summed E-state index contributed by atoms with van der Waals surface area (Å²) in [5.74, 6) is 1.78. The Morgan fingerprint density at radius 2 is 2.04 bits per heavy atom. The van der Waals surface area contributed by atoms with E-state index < -0.39 is 0 Å². The Hall–Kier alpha value is -1.99. The molecule has 5 rings (SSSR count). The minimum absolute atomic E-state index is 0.188. The second kappa shape index (κ2) is 6.81. The van der Waals surface area contributed by atoms with E-state index in [1.165, 1.54) is 24.0 Å². The molecule has 0 radical (unpaired) electrons. The lowest BCUT2D eigenvalue weighted by molar-refractivity contribution is -0.0395. The molecular formula is C21H26N4O2S. The molecule has 0 bridgehead atoms. The molecule has 2 aliphatic heterocycles. The Bertz CT molecular complexity index is 1040. The van der Waals surface area contributed by atoms with Gasteiger partial charge in [0, 0.05) is 30.5 Å². The molecule has 0 N–H and O–H groups in total. The first-order chi connectivity index (χ1) is 13.6. The number of rotatable bonds is 4. The molecule has 0 saturated carbocycles. The van der Waals surface area contributed by atoms with Crippen molar-refractivity contribution in [2.45, 2.75) is 58.7 Å². The van der Waals surface area contributed by atoms with Crippen LogP contribution in [0.4, 0.5) is 5.82 Å². The van der Waals surface area contributed by atoms with Gasteiger partial charge >= 0.3 is 0 Å². The molecule has 28 heavy (non-hydrogen) atoms. The van der Waals surface area contributed by atoms with E-state index in [4.69, 9.17) is 14.5 Å². The number of hydrogen-bond donors (Lipinski definition) is 0. The van der Waals surface area contributed by atoms with Crippen molar-refractivity contribution in [1.82, 2.24) is 15.0 Å². The van der Waals surface area contributed by atoms with Crippen LogP contribution in [-0.4, -0.2) is 40.2 Å². The number of fused-ring (bicyclic) bond motifs is 5. The van der Waals surface area contributed by atoms with Gasteiger partial charge in [-0.05, 0) is 38.7 Å². The van der Waals surface area contributed by atoms with Gasteiger partial charge in [0.1, 0.15) is 21.7 Å². The van der Waals surface area contributed by atoms with Crippen LogP contribution in [0.15, 0.2) is 6.33 Å². The van der Waals surface area contributed by atoms with Crippen molar-refractivity contribution in [2.75, 3.05) is 24.6 Å². The fourth-order valence-corrected chi connectivity index (χ4v) is 5.36. The van der Waals surface area contributed by atoms with Crippen LogP contribution in [0, 0.1) is 0 Å². The minimum atomic E-state index is -0.188. The monoisotopic (exact) mass is 398 g/mol. The lowest BCUT2D eigenvalue weighted by Gasteiger charge is -2.34. The van der Waals surface area contributed by atoms with Gasteiger partial charge in [-0.2, -0.15) is 0 Å². The number of aromatic nitrogens is 3. The summed E-state index contributed by atoms with van der Waals surface area (Å²) in [6.07, 6.45) is 5.89. The highest BCUT2D eigenvalue weighted by Gasteiger charge is 2.33. The van der Waals surface area contributed by atoms with E-state index in [2.05, 4.69) is 35.6 Å². The molecule has 1 fully saturated rings. The van der Waals surface area contributed by atoms with E-state index in [9.17, 15) is 0 Å². The summed E-state index contributed by atoms with van der Waals surface area (Å²) >= 11 is 1.66. The van der Waals surface area contributed by atoms with Crippen molar-refractivity contribution in [3.63, 3.8) is 0 Å². The van der Waals surface area contributed by atoms with Crippen molar-refractivity contribution in [1.29, 1.82) is 0 Å². The van der Waals surface area contributed by atoms with Gasteiger partial charge in [0.2, 0.25) is 5.88 Å². The summed E-state index contributed by atoms with van der Waals surface area (Å²) < 4.78 is 13.1. The van der Waals surface area contributed by atoms with Crippen LogP contribution in [0.2, 0.25) is 0 Å². The Balaban J connectivity index is 1.77. The SMILES string of the molecule is CCCOc1ncnc2c1sc1nc(N3CCCC3)c3c(c12)CC(C)(C)OC3. The number of thiophene rings is 1. The molecule has 5 heterocycles. The number of anilines is 1. The maximum atomic E-state index is 6.19. The number of ether oxygens (including phenoxy) is 2. The largest absolute Gasteiger partial charge is 0.477 e. The highest BCUT2D eigenvalue weighted by Crippen LogP contribution is 2.44. The van der Waals surface area contributed by atoms with E-state index in [1.807, 2.05) is 0 Å². The van der Waals surface area contributed by atoms with Crippen molar-refractivity contribution >= 4 is 37.6 Å². The first-order valence-corrected chi connectivity index (χ1v) is 11.0. The predicted octanol–water partition coefficient (Wildman–Crippen LogP) is 4.48. The van der Waals surface area contributed by atoms with Gasteiger partial charge in [0.25, 0.3) is 0 Å². The third-order valence-electron chi connectivity index (χ3n) is 5.62. The molecule has 0 atom stereocenters. The molecule has 2 aliphatic rings. The van der Waals surface area contributed by atoms with Crippen molar-refractivity contribution in [2.24, 2.45) is 0 Å². The Morgan fingerprint density at radius 3 is 2.82 bits per heavy atom. The second-order valence-corrected chi connectivity index (χ2v) is 9.30. The van der Waals surface area contributed by atoms with Gasteiger partial charge < -0.3 is 14.4 Å². The molecular weight excluding hydrogens is 372 g/mol. The zero-order chi connectivity index (χ0) is 19.3. The Labute approximate surface area is 168 Å². The standard InChI is InChI=1S/C21H26N4O2S/c1-4-9-26-19-17-16(22-12-23-19)15-13-10-21(2,3)27-11-14(13)18(24-20(15)28-17)25-7-5-6-8-25/h12H,4-11H2,1-3H3. The van der Waals surface area contributed by atoms with E-state index in [0.29, 0.717) is 19.1 Å². The number of nitrogens with zero attached hydrogens (tertiary/aromatic N) is 4. The smallest absolute Gasteiger partial charge is 0.234 e. The van der Waals surface area contributed by atoms with Gasteiger partial charge in [-0.15, -0.1) is 11.3 Å². The van der Waals surface area contributed by atoms with Crippen LogP contribution in [0.5, 0.6) is 5.88 Å². The van der Waals surface area contributed by atoms with Crippen LogP contribution >= 0.6 is 11.3 Å². The first kappa shape index (κ1) is 18.1. The van der Waals surface area contributed by atoms with E-state index in [0.717, 1.165) is 52.2 Å². The minimum Gasteiger partial charge on any atom is -0.477 e. The fourth-order valence-electron chi connectivity index (χ4n) is 4.26. The summed E-state index contributed by atoms with van der Waals surface area (Å²) in [4.78, 5) is 17.6. The molecule has 0 unspecified atom stereocenters. The van der Waals surface area contributed by atoms with Gasteiger partial charge in [0.05, 0.1) is 24.3 Å². The molecule has 0 aliphatic carbocycles. The molecule has 0 spiro atoms. The quantitative estimate of drug-likeness (QED) is 0.646. The van der Waals surface area contributed by atoms with Crippen LogP contribution in [0.3, 0.4) is 0 Å². The maximum Gasteiger partial charge on any atom is 0.234 e. The number of hydrogen-bond acceptors (Lipinski definition) is 7. The average Bonchev–Trinajstić information content (AvgIpc) is 3.32. The summed E-state index contributed by atoms with van der Waals surface area (Å²) in [5, 5.41) is 1.16. The molecule has 3 aromatic rings. The topological polar surface area (TPSA) is 60.4 Å². The predicted molar refractivity (Wildman–Crippen MR) is 113 cm³/mol. The molecule has 6 nitrogen and oxygen atoms in total. The third kappa shape index (κ3) is 2.92. The zero-order valence-electron chi connectivity index (χ0n) is 16.7. The van der Waals surface area contributed by atoms with Crippen LogP contribution in [0.25, 0.3) is 20.4 Å². The van der Waals surface area contributed by atoms with Crippen molar-refractivity contribution < 1.29 is 9.47 Å². The summed E-state index contributed by atoms with van der Waals surface area (Å²) in [6, 6.07) is 0. The number of pyridine rings is 1. The van der Waals surface area contributed by atoms with Gasteiger partial charge in [0.15, 0.2) is 0 Å². The van der Waals surface area contributed by atoms with Crippen LogP contribution in [-0.2, 0) is 17.8 Å². The van der Waals surface area contributed by atoms with Crippen molar-refractivity contribution in [3.8, 4) is 5.88 Å². The average molecular weight is 399 g/mol. The molecule has 1 saturated heterocycles. The van der Waals surface area contributed by atoms with Gasteiger partial charge in [-0.3, -0.25) is 0 Å². The molecule has 7 heteroatoms. The molecule has 0 aromatic carbocycles. The van der Waals surface area contributed by atoms with Gasteiger partial charge in [-0.1, -0.05) is 6.92 Å². The second-order valence-electron chi connectivity index (χ2n) is 8.30. The highest BCUT2D eigenvalue weighted by atomic mass is 32.1. The summed E-state index contributed by atoms with van der Waals surface area (Å²) in [6.45, 7) is 9.85. The lowest BCUT2D eigenvalue weighted by Crippen LogP contribution is -2.33. The van der Waals surface area contributed by atoms with Gasteiger partial charge in [-0.25, -0.2) is 15.0 Å². The van der Waals surface area contributed by atoms with Crippen LogP contribution in [0.1, 0.15) is 51.2 Å². The highest BCUT2D eigenvalue weighted by molar-refractivity contribution is 7.25.